The molecule has 7 nitrogen and oxygen atoms in total. The first-order valence-electron chi connectivity index (χ1n) is 8.67. The van der Waals surface area contributed by atoms with Gasteiger partial charge in [0.2, 0.25) is 0 Å². The number of rotatable bonds is 4. The molecule has 0 aliphatic carbocycles. The Bertz CT molecular complexity index is 641. The second-order valence-corrected chi connectivity index (χ2v) is 7.43. The van der Waals surface area contributed by atoms with Crippen LogP contribution in [0.1, 0.15) is 39.4 Å². The number of nitrogens with one attached hydrogen (secondary N) is 1. The maximum Gasteiger partial charge on any atom is 0.325 e. The van der Waals surface area contributed by atoms with Crippen molar-refractivity contribution in [2.24, 2.45) is 13.0 Å². The van der Waals surface area contributed by atoms with Crippen LogP contribution in [0.5, 0.6) is 0 Å². The van der Waals surface area contributed by atoms with Gasteiger partial charge in [0.1, 0.15) is 11.4 Å². The average molecular weight is 333 g/mol. The number of carbonyl (C=O) groups excluding carboxylic acids is 2. The molecule has 132 valence electrons. The van der Waals surface area contributed by atoms with Gasteiger partial charge in [0.15, 0.2) is 0 Å². The topological polar surface area (TPSA) is 70.5 Å². The van der Waals surface area contributed by atoms with E-state index in [9.17, 15) is 9.59 Å². The number of likely N-dealkylation sites (tertiary alicyclic amines) is 1. The van der Waals surface area contributed by atoms with Gasteiger partial charge in [-0.3, -0.25) is 14.6 Å². The Balaban J connectivity index is 1.73. The first-order chi connectivity index (χ1) is 11.3. The van der Waals surface area contributed by atoms with Gasteiger partial charge in [0.25, 0.3) is 5.91 Å². The largest absolute Gasteiger partial charge is 0.337 e. The molecule has 0 aromatic carbocycles. The van der Waals surface area contributed by atoms with Gasteiger partial charge in [-0.2, -0.15) is 0 Å². The van der Waals surface area contributed by atoms with Crippen molar-refractivity contribution < 1.29 is 9.59 Å². The Morgan fingerprint density at radius 2 is 2.17 bits per heavy atom. The summed E-state index contributed by atoms with van der Waals surface area (Å²) in [5, 5.41) is 2.96. The number of hydrogen-bond acceptors (Lipinski definition) is 4. The van der Waals surface area contributed by atoms with E-state index in [0.29, 0.717) is 0 Å². The van der Waals surface area contributed by atoms with Crippen molar-refractivity contribution in [3.05, 3.63) is 18.2 Å². The number of amides is 3. The van der Waals surface area contributed by atoms with Gasteiger partial charge in [0, 0.05) is 37.9 Å². The molecule has 2 fully saturated rings. The monoisotopic (exact) mass is 333 g/mol. The van der Waals surface area contributed by atoms with E-state index in [1.807, 2.05) is 38.6 Å². The summed E-state index contributed by atoms with van der Waals surface area (Å²) < 4.78 is 2.02. The van der Waals surface area contributed by atoms with E-state index in [-0.39, 0.29) is 23.9 Å². The first-order valence-corrected chi connectivity index (χ1v) is 8.67. The third-order valence-corrected chi connectivity index (χ3v) is 5.37. The molecule has 0 radical (unpaired) electrons. The lowest BCUT2D eigenvalue weighted by atomic mass is 9.80. The number of imidazole rings is 1. The molecule has 2 saturated heterocycles. The zero-order valence-corrected chi connectivity index (χ0v) is 15.0. The maximum atomic E-state index is 12.9. The van der Waals surface area contributed by atoms with E-state index in [1.54, 1.807) is 6.20 Å². The Kier molecular flexibility index (Phi) is 4.38. The zero-order chi connectivity index (χ0) is 17.5. The molecule has 0 unspecified atom stereocenters. The van der Waals surface area contributed by atoms with Crippen molar-refractivity contribution in [3.63, 3.8) is 0 Å². The summed E-state index contributed by atoms with van der Waals surface area (Å²) in [7, 11) is 1.99. The van der Waals surface area contributed by atoms with Crippen molar-refractivity contribution >= 4 is 11.9 Å². The van der Waals surface area contributed by atoms with Gasteiger partial charge >= 0.3 is 6.03 Å². The maximum absolute atomic E-state index is 12.9. The lowest BCUT2D eigenvalue weighted by molar-refractivity contribution is -0.134. The van der Waals surface area contributed by atoms with Crippen LogP contribution in [0.3, 0.4) is 0 Å². The van der Waals surface area contributed by atoms with Crippen LogP contribution < -0.4 is 5.32 Å². The minimum absolute atomic E-state index is 0.0914. The highest BCUT2D eigenvalue weighted by atomic mass is 16.2. The van der Waals surface area contributed by atoms with Gasteiger partial charge in [-0.1, -0.05) is 0 Å². The van der Waals surface area contributed by atoms with Crippen LogP contribution in [-0.4, -0.2) is 56.0 Å². The second-order valence-electron chi connectivity index (χ2n) is 7.43. The third-order valence-electron chi connectivity index (χ3n) is 5.37. The van der Waals surface area contributed by atoms with Crippen LogP contribution in [-0.2, 0) is 18.4 Å². The molecular formula is C17H27N5O2. The number of piperidine rings is 1. The smallest absolute Gasteiger partial charge is 0.325 e. The Hall–Kier alpha value is -1.89. The van der Waals surface area contributed by atoms with E-state index in [0.717, 1.165) is 38.3 Å². The Morgan fingerprint density at radius 1 is 1.42 bits per heavy atom. The standard InChI is InChI=1S/C17H27N5O2/c1-12(2)22-15(23)17(3,19-16(22)24)13-6-5-8-21(10-13)11-14-18-7-9-20(14)4/h7,9,12-13H,5-6,8,10-11H2,1-4H3,(H,19,24)/t13-,17+/m0/s1. The first kappa shape index (κ1) is 17.0. The van der Waals surface area contributed by atoms with Crippen molar-refractivity contribution in [1.29, 1.82) is 0 Å². The number of imide groups is 1. The average Bonchev–Trinajstić information content (AvgIpc) is 3.02. The number of nitrogens with zero attached hydrogens (tertiary/aromatic N) is 4. The SMILES string of the molecule is CC(C)N1C(=O)N[C@](C)([C@H]2CCCN(Cc3nccn3C)C2)C1=O. The highest BCUT2D eigenvalue weighted by molar-refractivity contribution is 6.07. The normalized spacial score (nSPS) is 28.7. The zero-order valence-electron chi connectivity index (χ0n) is 15.0. The van der Waals surface area contributed by atoms with Gasteiger partial charge in [-0.15, -0.1) is 0 Å². The number of carbonyl (C=O) groups is 2. The molecule has 1 aromatic rings. The number of aryl methyl sites for hydroxylation is 1. The Labute approximate surface area is 143 Å². The van der Waals surface area contributed by atoms with E-state index in [2.05, 4.69) is 15.2 Å². The van der Waals surface area contributed by atoms with Gasteiger partial charge in [-0.25, -0.2) is 9.78 Å². The quantitative estimate of drug-likeness (QED) is 0.845. The van der Waals surface area contributed by atoms with Crippen LogP contribution in [0.4, 0.5) is 4.79 Å². The molecule has 3 rings (SSSR count). The molecule has 7 heteroatoms. The van der Waals surface area contributed by atoms with Crippen LogP contribution in [0.25, 0.3) is 0 Å². The molecule has 3 heterocycles. The van der Waals surface area contributed by atoms with Gasteiger partial charge in [0.05, 0.1) is 6.54 Å². The molecule has 0 bridgehead atoms. The molecule has 2 atom stereocenters. The fourth-order valence-corrected chi connectivity index (χ4v) is 3.84. The van der Waals surface area contributed by atoms with Crippen LogP contribution in [0.2, 0.25) is 0 Å². The minimum atomic E-state index is -0.804. The van der Waals surface area contributed by atoms with Crippen LogP contribution in [0, 0.1) is 5.92 Å². The Morgan fingerprint density at radius 3 is 2.75 bits per heavy atom. The van der Waals surface area contributed by atoms with Crippen LogP contribution >= 0.6 is 0 Å². The molecule has 24 heavy (non-hydrogen) atoms. The van der Waals surface area contributed by atoms with Crippen molar-refractivity contribution in [3.8, 4) is 0 Å². The van der Waals surface area contributed by atoms with E-state index in [1.165, 1.54) is 4.90 Å². The van der Waals surface area contributed by atoms with E-state index in [4.69, 9.17) is 0 Å². The minimum Gasteiger partial charge on any atom is -0.337 e. The summed E-state index contributed by atoms with van der Waals surface area (Å²) >= 11 is 0. The molecule has 3 amide bonds. The molecule has 2 aliphatic rings. The summed E-state index contributed by atoms with van der Waals surface area (Å²) in [6, 6.07) is -0.384. The summed E-state index contributed by atoms with van der Waals surface area (Å²) in [5.41, 5.74) is -0.804. The fraction of sp³-hybridized carbons (Fsp3) is 0.706. The number of urea groups is 1. The lowest BCUT2D eigenvalue weighted by Crippen LogP contribution is -2.56. The molecule has 1 N–H and O–H groups in total. The van der Waals surface area contributed by atoms with Gasteiger partial charge < -0.3 is 9.88 Å². The van der Waals surface area contributed by atoms with E-state index >= 15 is 0 Å². The van der Waals surface area contributed by atoms with E-state index < -0.39 is 5.54 Å². The molecule has 1 aromatic heterocycles. The predicted octanol–water partition coefficient (Wildman–Crippen LogP) is 1.35. The second kappa shape index (κ2) is 6.20. The van der Waals surface area contributed by atoms with Crippen molar-refractivity contribution in [1.82, 2.24) is 24.7 Å². The summed E-state index contributed by atoms with van der Waals surface area (Å²) in [5.74, 6) is 1.05. The molecule has 2 aliphatic heterocycles. The highest BCUT2D eigenvalue weighted by Crippen LogP contribution is 2.33. The lowest BCUT2D eigenvalue weighted by Gasteiger charge is -2.39. The summed E-state index contributed by atoms with van der Waals surface area (Å²) in [6.07, 6.45) is 5.72. The number of aromatic nitrogens is 2. The summed E-state index contributed by atoms with van der Waals surface area (Å²) in [6.45, 7) is 8.18. The predicted molar refractivity (Wildman–Crippen MR) is 90.1 cm³/mol. The fourth-order valence-electron chi connectivity index (χ4n) is 3.84. The van der Waals surface area contributed by atoms with Gasteiger partial charge in [-0.05, 0) is 40.2 Å². The highest BCUT2D eigenvalue weighted by Gasteiger charge is 2.53. The molecule has 0 saturated carbocycles. The molecular weight excluding hydrogens is 306 g/mol. The molecule has 0 spiro atoms. The summed E-state index contributed by atoms with van der Waals surface area (Å²) in [4.78, 5) is 33.2. The third kappa shape index (κ3) is 2.81. The van der Waals surface area contributed by atoms with Crippen molar-refractivity contribution in [2.45, 2.75) is 51.7 Å². The van der Waals surface area contributed by atoms with Crippen LogP contribution in [0.15, 0.2) is 12.4 Å². The van der Waals surface area contributed by atoms with Crippen molar-refractivity contribution in [2.75, 3.05) is 13.1 Å². The number of hydrogen-bond donors (Lipinski definition) is 1.